The fourth-order valence-corrected chi connectivity index (χ4v) is 2.19. The fourth-order valence-electron chi connectivity index (χ4n) is 2.00. The summed E-state index contributed by atoms with van der Waals surface area (Å²) in [6.45, 7) is 5.02. The van der Waals surface area contributed by atoms with E-state index in [2.05, 4.69) is 22.9 Å². The number of nitrogens with zero attached hydrogens (tertiary/aromatic N) is 2. The minimum absolute atomic E-state index is 0.0759. The minimum atomic E-state index is -1.09. The molecule has 0 saturated heterocycles. The van der Waals surface area contributed by atoms with Crippen LogP contribution in [-0.4, -0.2) is 40.6 Å². The first kappa shape index (κ1) is 13.1. The summed E-state index contributed by atoms with van der Waals surface area (Å²) in [6.07, 6.45) is 3.00. The molecule has 0 spiro atoms. The number of carboxylic acids is 1. The van der Waals surface area contributed by atoms with Gasteiger partial charge in [-0.3, -0.25) is 4.90 Å². The predicted molar refractivity (Wildman–Crippen MR) is 70.9 cm³/mol. The molecule has 0 saturated carbocycles. The maximum Gasteiger partial charge on any atom is 0.356 e. The monoisotopic (exact) mass is 266 g/mol. The van der Waals surface area contributed by atoms with E-state index in [-0.39, 0.29) is 10.7 Å². The van der Waals surface area contributed by atoms with Crippen LogP contribution in [-0.2, 0) is 0 Å². The number of halogens is 1. The van der Waals surface area contributed by atoms with Crippen LogP contribution in [0.25, 0.3) is 5.57 Å². The molecule has 0 unspecified atom stereocenters. The van der Waals surface area contributed by atoms with Crippen molar-refractivity contribution in [3.8, 4) is 0 Å². The first-order valence-electron chi connectivity index (χ1n) is 5.93. The van der Waals surface area contributed by atoms with E-state index >= 15 is 0 Å². The van der Waals surface area contributed by atoms with Crippen molar-refractivity contribution in [2.45, 2.75) is 13.3 Å². The Morgan fingerprint density at radius 3 is 2.89 bits per heavy atom. The SMILES string of the molecule is CCN1CC=C(c2ccc(Cl)c(C(=O)O)n2)CC1. The molecular formula is C13H15ClN2O2. The first-order valence-corrected chi connectivity index (χ1v) is 6.31. The average Bonchev–Trinajstić information content (AvgIpc) is 2.39. The standard InChI is InChI=1S/C13H15ClN2O2/c1-2-16-7-5-9(6-8-16)11-4-3-10(14)12(15-11)13(17)18/h3-5H,2,6-8H2,1H3,(H,17,18). The van der Waals surface area contributed by atoms with Gasteiger partial charge in [0.05, 0.1) is 10.7 Å². The van der Waals surface area contributed by atoms with Crippen molar-refractivity contribution in [3.05, 3.63) is 34.6 Å². The summed E-state index contributed by atoms with van der Waals surface area (Å²) >= 11 is 5.80. The molecule has 4 nitrogen and oxygen atoms in total. The van der Waals surface area contributed by atoms with Gasteiger partial charge in [-0.2, -0.15) is 0 Å². The van der Waals surface area contributed by atoms with E-state index in [1.807, 2.05) is 0 Å². The maximum absolute atomic E-state index is 11.0. The van der Waals surface area contributed by atoms with Gasteiger partial charge in [0.2, 0.25) is 0 Å². The molecule has 18 heavy (non-hydrogen) atoms. The first-order chi connectivity index (χ1) is 8.61. The van der Waals surface area contributed by atoms with E-state index in [0.29, 0.717) is 5.69 Å². The highest BCUT2D eigenvalue weighted by atomic mass is 35.5. The van der Waals surface area contributed by atoms with E-state index in [0.717, 1.165) is 31.6 Å². The number of hydrogen-bond donors (Lipinski definition) is 1. The fraction of sp³-hybridized carbons (Fsp3) is 0.385. The Morgan fingerprint density at radius 1 is 1.56 bits per heavy atom. The highest BCUT2D eigenvalue weighted by molar-refractivity contribution is 6.33. The molecule has 2 rings (SSSR count). The van der Waals surface area contributed by atoms with Gasteiger partial charge < -0.3 is 5.11 Å². The van der Waals surface area contributed by atoms with Gasteiger partial charge in [0.25, 0.3) is 0 Å². The van der Waals surface area contributed by atoms with Crippen LogP contribution < -0.4 is 0 Å². The number of likely N-dealkylation sites (N-methyl/N-ethyl adjacent to an activating group) is 1. The Kier molecular flexibility index (Phi) is 3.99. The van der Waals surface area contributed by atoms with E-state index in [1.54, 1.807) is 12.1 Å². The highest BCUT2D eigenvalue weighted by Gasteiger charge is 2.16. The van der Waals surface area contributed by atoms with Gasteiger partial charge in [0.15, 0.2) is 5.69 Å². The smallest absolute Gasteiger partial charge is 0.356 e. The number of aromatic carboxylic acids is 1. The number of hydrogen-bond acceptors (Lipinski definition) is 3. The Balaban J connectivity index is 2.27. The third-order valence-corrected chi connectivity index (χ3v) is 3.42. The van der Waals surface area contributed by atoms with Crippen LogP contribution >= 0.6 is 11.6 Å². The Hall–Kier alpha value is -1.39. The van der Waals surface area contributed by atoms with Crippen molar-refractivity contribution in [2.24, 2.45) is 0 Å². The lowest BCUT2D eigenvalue weighted by Gasteiger charge is -2.24. The van der Waals surface area contributed by atoms with Gasteiger partial charge >= 0.3 is 5.97 Å². The molecule has 1 aliphatic rings. The Bertz CT molecular complexity index is 500. The van der Waals surface area contributed by atoms with E-state index in [4.69, 9.17) is 16.7 Å². The van der Waals surface area contributed by atoms with Crippen LogP contribution in [0.15, 0.2) is 18.2 Å². The lowest BCUT2D eigenvalue weighted by molar-refractivity contribution is 0.0690. The van der Waals surface area contributed by atoms with Crippen molar-refractivity contribution >= 4 is 23.1 Å². The number of carboxylic acid groups (broad SMARTS) is 1. The Morgan fingerprint density at radius 2 is 2.33 bits per heavy atom. The largest absolute Gasteiger partial charge is 0.476 e. The summed E-state index contributed by atoms with van der Waals surface area (Å²) in [4.78, 5) is 17.4. The minimum Gasteiger partial charge on any atom is -0.476 e. The summed E-state index contributed by atoms with van der Waals surface area (Å²) in [7, 11) is 0. The van der Waals surface area contributed by atoms with E-state index in [1.165, 1.54) is 0 Å². The molecule has 0 amide bonds. The van der Waals surface area contributed by atoms with Gasteiger partial charge in [-0.15, -0.1) is 0 Å². The second-order valence-corrected chi connectivity index (χ2v) is 4.61. The van der Waals surface area contributed by atoms with Crippen LogP contribution in [0.4, 0.5) is 0 Å². The molecule has 0 bridgehead atoms. The normalized spacial score (nSPS) is 16.4. The predicted octanol–water partition coefficient (Wildman–Crippen LogP) is 2.54. The molecular weight excluding hydrogens is 252 g/mol. The van der Waals surface area contributed by atoms with E-state index < -0.39 is 5.97 Å². The van der Waals surface area contributed by atoms with E-state index in [9.17, 15) is 4.79 Å². The number of carbonyl (C=O) groups is 1. The summed E-state index contributed by atoms with van der Waals surface area (Å²) in [5.74, 6) is -1.09. The zero-order chi connectivity index (χ0) is 13.1. The summed E-state index contributed by atoms with van der Waals surface area (Å²) in [5.41, 5.74) is 1.74. The van der Waals surface area contributed by atoms with Crippen LogP contribution in [0.2, 0.25) is 5.02 Å². The Labute approximate surface area is 111 Å². The topological polar surface area (TPSA) is 53.4 Å². The van der Waals surface area contributed by atoms with Crippen molar-refractivity contribution < 1.29 is 9.90 Å². The molecule has 0 atom stereocenters. The van der Waals surface area contributed by atoms with Crippen LogP contribution in [0.3, 0.4) is 0 Å². The molecule has 0 aromatic carbocycles. The van der Waals surface area contributed by atoms with Crippen LogP contribution in [0.1, 0.15) is 29.5 Å². The van der Waals surface area contributed by atoms with Gasteiger partial charge in [-0.1, -0.05) is 24.6 Å². The molecule has 1 aromatic heterocycles. The summed E-state index contributed by atoms with van der Waals surface area (Å²) in [5, 5.41) is 9.17. The molecule has 0 fully saturated rings. The third-order valence-electron chi connectivity index (χ3n) is 3.12. The second-order valence-electron chi connectivity index (χ2n) is 4.20. The van der Waals surface area contributed by atoms with Crippen molar-refractivity contribution in [3.63, 3.8) is 0 Å². The van der Waals surface area contributed by atoms with Gasteiger partial charge in [-0.05, 0) is 30.7 Å². The molecule has 1 N–H and O–H groups in total. The van der Waals surface area contributed by atoms with Crippen molar-refractivity contribution in [1.82, 2.24) is 9.88 Å². The molecule has 5 heteroatoms. The second kappa shape index (κ2) is 5.50. The van der Waals surface area contributed by atoms with Crippen molar-refractivity contribution in [2.75, 3.05) is 19.6 Å². The van der Waals surface area contributed by atoms with Gasteiger partial charge in [0, 0.05) is 13.1 Å². The number of rotatable bonds is 3. The maximum atomic E-state index is 11.0. The molecule has 1 aromatic rings. The zero-order valence-corrected chi connectivity index (χ0v) is 10.9. The third kappa shape index (κ3) is 2.71. The molecule has 96 valence electrons. The molecule has 1 aliphatic heterocycles. The lowest BCUT2D eigenvalue weighted by atomic mass is 10.0. The van der Waals surface area contributed by atoms with Gasteiger partial charge in [0.1, 0.15) is 0 Å². The average molecular weight is 267 g/mol. The van der Waals surface area contributed by atoms with Crippen molar-refractivity contribution in [1.29, 1.82) is 0 Å². The van der Waals surface area contributed by atoms with Gasteiger partial charge in [-0.25, -0.2) is 9.78 Å². The van der Waals surface area contributed by atoms with Crippen LogP contribution in [0.5, 0.6) is 0 Å². The molecule has 2 heterocycles. The quantitative estimate of drug-likeness (QED) is 0.913. The number of aromatic nitrogens is 1. The van der Waals surface area contributed by atoms with Crippen LogP contribution in [0, 0.1) is 0 Å². The lowest BCUT2D eigenvalue weighted by Crippen LogP contribution is -2.28. The highest BCUT2D eigenvalue weighted by Crippen LogP contribution is 2.23. The number of pyridine rings is 1. The summed E-state index contributed by atoms with van der Waals surface area (Å²) in [6, 6.07) is 3.38. The summed E-state index contributed by atoms with van der Waals surface area (Å²) < 4.78 is 0. The molecule has 0 radical (unpaired) electrons. The zero-order valence-electron chi connectivity index (χ0n) is 10.2. The molecule has 0 aliphatic carbocycles.